The Labute approximate surface area is 75.6 Å². The summed E-state index contributed by atoms with van der Waals surface area (Å²) < 4.78 is 0. The molecule has 1 aliphatic heterocycles. The number of rotatable bonds is 2. The van der Waals surface area contributed by atoms with Crippen molar-refractivity contribution in [3.8, 4) is 0 Å². The van der Waals surface area contributed by atoms with Crippen molar-refractivity contribution in [2.24, 2.45) is 16.8 Å². The standard InChI is InChI=1S/C11H19N/c1-8(2)10-5-6-11(9(3)4)12-7-10/h7-9H,5-6H2,1-4H3. The van der Waals surface area contributed by atoms with Crippen molar-refractivity contribution in [2.75, 3.05) is 0 Å². The van der Waals surface area contributed by atoms with Crippen molar-refractivity contribution in [3.05, 3.63) is 11.8 Å². The Bertz CT molecular complexity index is 185. The lowest BCUT2D eigenvalue weighted by Crippen LogP contribution is -2.11. The summed E-state index contributed by atoms with van der Waals surface area (Å²) in [5, 5.41) is 0. The Hall–Kier alpha value is -0.590. The van der Waals surface area contributed by atoms with E-state index >= 15 is 0 Å². The summed E-state index contributed by atoms with van der Waals surface area (Å²) in [7, 11) is 0. The highest BCUT2D eigenvalue weighted by Crippen LogP contribution is 2.22. The topological polar surface area (TPSA) is 12.4 Å². The Morgan fingerprint density at radius 1 is 1.08 bits per heavy atom. The molecule has 0 fully saturated rings. The molecule has 0 aromatic carbocycles. The van der Waals surface area contributed by atoms with Crippen LogP contribution in [0.4, 0.5) is 0 Å². The molecule has 0 spiro atoms. The maximum atomic E-state index is 4.49. The summed E-state index contributed by atoms with van der Waals surface area (Å²) in [5.74, 6) is 1.29. The van der Waals surface area contributed by atoms with Crippen LogP contribution < -0.4 is 0 Å². The number of allylic oxidation sites excluding steroid dienone is 1. The zero-order valence-corrected chi connectivity index (χ0v) is 8.59. The van der Waals surface area contributed by atoms with Gasteiger partial charge in [-0.15, -0.1) is 0 Å². The van der Waals surface area contributed by atoms with Gasteiger partial charge in [-0.05, 0) is 30.3 Å². The molecule has 12 heavy (non-hydrogen) atoms. The number of hydrogen-bond acceptors (Lipinski definition) is 1. The van der Waals surface area contributed by atoms with Crippen LogP contribution in [0.1, 0.15) is 40.5 Å². The Morgan fingerprint density at radius 3 is 2.08 bits per heavy atom. The minimum atomic E-state index is 0.620. The first-order valence-corrected chi connectivity index (χ1v) is 4.86. The molecule has 1 nitrogen and oxygen atoms in total. The van der Waals surface area contributed by atoms with Crippen molar-refractivity contribution in [1.82, 2.24) is 0 Å². The highest BCUT2D eigenvalue weighted by atomic mass is 14.7. The van der Waals surface area contributed by atoms with Gasteiger partial charge < -0.3 is 0 Å². The minimum absolute atomic E-state index is 0.620. The van der Waals surface area contributed by atoms with Gasteiger partial charge in [-0.1, -0.05) is 27.7 Å². The molecule has 0 saturated carbocycles. The van der Waals surface area contributed by atoms with E-state index < -0.39 is 0 Å². The van der Waals surface area contributed by atoms with E-state index in [1.165, 1.54) is 24.1 Å². The van der Waals surface area contributed by atoms with Crippen LogP contribution in [0.3, 0.4) is 0 Å². The van der Waals surface area contributed by atoms with Crippen LogP contribution in [0.2, 0.25) is 0 Å². The molecular formula is C11H19N. The molecule has 0 radical (unpaired) electrons. The molecule has 0 atom stereocenters. The first kappa shape index (κ1) is 9.50. The highest BCUT2D eigenvalue weighted by molar-refractivity contribution is 5.87. The van der Waals surface area contributed by atoms with Crippen LogP contribution in [-0.2, 0) is 0 Å². The molecule has 68 valence electrons. The summed E-state index contributed by atoms with van der Waals surface area (Å²) in [4.78, 5) is 4.49. The van der Waals surface area contributed by atoms with Crippen LogP contribution in [0, 0.1) is 11.8 Å². The molecule has 1 heteroatoms. The Kier molecular flexibility index (Phi) is 3.07. The van der Waals surface area contributed by atoms with Gasteiger partial charge in [0.2, 0.25) is 0 Å². The van der Waals surface area contributed by atoms with Crippen molar-refractivity contribution >= 4 is 5.71 Å². The molecule has 0 saturated heterocycles. The van der Waals surface area contributed by atoms with Gasteiger partial charge in [-0.25, -0.2) is 0 Å². The first-order chi connectivity index (χ1) is 5.61. The van der Waals surface area contributed by atoms with Gasteiger partial charge in [-0.2, -0.15) is 0 Å². The van der Waals surface area contributed by atoms with Crippen molar-refractivity contribution in [1.29, 1.82) is 0 Å². The van der Waals surface area contributed by atoms with E-state index in [9.17, 15) is 0 Å². The normalized spacial score (nSPS) is 18.2. The van der Waals surface area contributed by atoms with E-state index in [0.717, 1.165) is 0 Å². The van der Waals surface area contributed by atoms with Crippen LogP contribution in [0.25, 0.3) is 0 Å². The maximum Gasteiger partial charge on any atom is 0.0262 e. The molecule has 0 amide bonds. The second kappa shape index (κ2) is 3.88. The fraction of sp³-hybridized carbons (Fsp3) is 0.727. The Morgan fingerprint density at radius 2 is 1.75 bits per heavy atom. The summed E-state index contributed by atoms with van der Waals surface area (Å²) in [6, 6.07) is 0. The van der Waals surface area contributed by atoms with Gasteiger partial charge >= 0.3 is 0 Å². The fourth-order valence-electron chi connectivity index (χ4n) is 1.44. The minimum Gasteiger partial charge on any atom is -0.265 e. The third kappa shape index (κ3) is 2.20. The largest absolute Gasteiger partial charge is 0.265 e. The van der Waals surface area contributed by atoms with E-state index in [0.29, 0.717) is 11.8 Å². The van der Waals surface area contributed by atoms with Gasteiger partial charge in [0.15, 0.2) is 0 Å². The van der Waals surface area contributed by atoms with Gasteiger partial charge in [0.1, 0.15) is 0 Å². The second-order valence-corrected chi connectivity index (χ2v) is 4.13. The monoisotopic (exact) mass is 165 g/mol. The summed E-state index contributed by atoms with van der Waals surface area (Å²) in [5.41, 5.74) is 2.86. The average Bonchev–Trinajstić information content (AvgIpc) is 2.04. The zero-order chi connectivity index (χ0) is 9.14. The maximum absolute atomic E-state index is 4.49. The second-order valence-electron chi connectivity index (χ2n) is 4.13. The van der Waals surface area contributed by atoms with Gasteiger partial charge in [0.05, 0.1) is 0 Å². The van der Waals surface area contributed by atoms with E-state index in [4.69, 9.17) is 0 Å². The fourth-order valence-corrected chi connectivity index (χ4v) is 1.44. The SMILES string of the molecule is CC(C)C1=CN=C(C(C)C)CC1. The first-order valence-electron chi connectivity index (χ1n) is 4.86. The summed E-state index contributed by atoms with van der Waals surface area (Å²) >= 11 is 0. The molecule has 1 aliphatic rings. The Balaban J connectivity index is 2.66. The molecule has 1 rings (SSSR count). The van der Waals surface area contributed by atoms with Gasteiger partial charge in [0, 0.05) is 11.9 Å². The lowest BCUT2D eigenvalue weighted by atomic mass is 9.93. The average molecular weight is 165 g/mol. The molecular weight excluding hydrogens is 146 g/mol. The van der Waals surface area contributed by atoms with Crippen molar-refractivity contribution < 1.29 is 0 Å². The van der Waals surface area contributed by atoms with Gasteiger partial charge in [-0.3, -0.25) is 4.99 Å². The van der Waals surface area contributed by atoms with E-state index in [1.807, 2.05) is 0 Å². The van der Waals surface area contributed by atoms with Crippen LogP contribution in [0.15, 0.2) is 16.8 Å². The molecule has 1 heterocycles. The molecule has 0 bridgehead atoms. The molecule has 0 aromatic heterocycles. The van der Waals surface area contributed by atoms with Gasteiger partial charge in [0.25, 0.3) is 0 Å². The summed E-state index contributed by atoms with van der Waals surface area (Å²) in [6.07, 6.45) is 4.46. The van der Waals surface area contributed by atoms with Crippen LogP contribution in [-0.4, -0.2) is 5.71 Å². The van der Waals surface area contributed by atoms with E-state index in [1.54, 1.807) is 0 Å². The van der Waals surface area contributed by atoms with E-state index in [-0.39, 0.29) is 0 Å². The molecule has 0 N–H and O–H groups in total. The van der Waals surface area contributed by atoms with Crippen molar-refractivity contribution in [3.63, 3.8) is 0 Å². The lowest BCUT2D eigenvalue weighted by Gasteiger charge is -2.18. The number of nitrogens with zero attached hydrogens (tertiary/aromatic N) is 1. The zero-order valence-electron chi connectivity index (χ0n) is 8.59. The lowest BCUT2D eigenvalue weighted by molar-refractivity contribution is 0.697. The third-order valence-corrected chi connectivity index (χ3v) is 2.47. The summed E-state index contributed by atoms with van der Waals surface area (Å²) in [6.45, 7) is 8.91. The van der Waals surface area contributed by atoms with E-state index in [2.05, 4.69) is 38.9 Å². The van der Waals surface area contributed by atoms with Crippen molar-refractivity contribution in [2.45, 2.75) is 40.5 Å². The smallest absolute Gasteiger partial charge is 0.0262 e. The predicted molar refractivity (Wildman–Crippen MR) is 54.4 cm³/mol. The predicted octanol–water partition coefficient (Wildman–Crippen LogP) is 3.42. The molecule has 0 aliphatic carbocycles. The highest BCUT2D eigenvalue weighted by Gasteiger charge is 2.12. The quantitative estimate of drug-likeness (QED) is 0.594. The number of aliphatic imine (C=N–C) groups is 1. The molecule has 0 aromatic rings. The number of hydrogen-bond donors (Lipinski definition) is 0. The third-order valence-electron chi connectivity index (χ3n) is 2.47. The molecule has 0 unspecified atom stereocenters. The van der Waals surface area contributed by atoms with Crippen LogP contribution >= 0.6 is 0 Å². The van der Waals surface area contributed by atoms with Crippen LogP contribution in [0.5, 0.6) is 0 Å².